The fourth-order valence-electron chi connectivity index (χ4n) is 2.47. The third-order valence-electron chi connectivity index (χ3n) is 3.67. The smallest absolute Gasteiger partial charge is 0.160 e. The van der Waals surface area contributed by atoms with Gasteiger partial charge in [0.15, 0.2) is 11.6 Å². The molecule has 112 valence electrons. The van der Waals surface area contributed by atoms with E-state index in [0.29, 0.717) is 48.9 Å². The summed E-state index contributed by atoms with van der Waals surface area (Å²) >= 11 is 0. The molecule has 2 heterocycles. The molecule has 0 radical (unpaired) electrons. The van der Waals surface area contributed by atoms with Gasteiger partial charge in [0.2, 0.25) is 0 Å². The van der Waals surface area contributed by atoms with Gasteiger partial charge in [-0.3, -0.25) is 4.68 Å². The van der Waals surface area contributed by atoms with Crippen molar-refractivity contribution < 1.29 is 13.5 Å². The molecule has 5 nitrogen and oxygen atoms in total. The fourth-order valence-corrected chi connectivity index (χ4v) is 2.47. The third kappa shape index (κ3) is 2.44. The maximum atomic E-state index is 13.7. The van der Waals surface area contributed by atoms with Crippen LogP contribution in [0.3, 0.4) is 0 Å². The molecule has 2 aromatic rings. The number of benzene rings is 1. The Bertz CT molecular complexity index is 665. The van der Waals surface area contributed by atoms with Crippen LogP contribution in [0, 0.1) is 11.6 Å². The predicted octanol–water partition coefficient (Wildman–Crippen LogP) is 1.78. The van der Waals surface area contributed by atoms with E-state index in [9.17, 15) is 8.78 Å². The molecule has 0 atom stereocenters. The predicted molar refractivity (Wildman–Crippen MR) is 76.0 cm³/mol. The van der Waals surface area contributed by atoms with Crippen molar-refractivity contribution in [2.45, 2.75) is 0 Å². The van der Waals surface area contributed by atoms with Crippen LogP contribution in [0.1, 0.15) is 0 Å². The minimum Gasteiger partial charge on any atom is -0.383 e. The number of hydrogen-bond donors (Lipinski definition) is 1. The van der Waals surface area contributed by atoms with Crippen molar-refractivity contribution in [2.24, 2.45) is 7.05 Å². The Morgan fingerprint density at radius 1 is 1.14 bits per heavy atom. The molecule has 1 saturated heterocycles. The van der Waals surface area contributed by atoms with Gasteiger partial charge >= 0.3 is 0 Å². The molecule has 0 spiro atoms. The largest absolute Gasteiger partial charge is 0.383 e. The van der Waals surface area contributed by atoms with Crippen molar-refractivity contribution in [1.82, 2.24) is 9.78 Å². The maximum Gasteiger partial charge on any atom is 0.160 e. The van der Waals surface area contributed by atoms with E-state index in [1.807, 2.05) is 4.90 Å². The van der Waals surface area contributed by atoms with Crippen LogP contribution in [0.5, 0.6) is 0 Å². The van der Waals surface area contributed by atoms with Crippen LogP contribution in [-0.2, 0) is 11.8 Å². The van der Waals surface area contributed by atoms with E-state index in [-0.39, 0.29) is 0 Å². The summed E-state index contributed by atoms with van der Waals surface area (Å²) in [6, 6.07) is 2.38. The van der Waals surface area contributed by atoms with E-state index in [1.54, 1.807) is 13.2 Å². The van der Waals surface area contributed by atoms with Gasteiger partial charge in [-0.25, -0.2) is 8.78 Å². The Balaban J connectivity index is 2.13. The van der Waals surface area contributed by atoms with Gasteiger partial charge in [0.25, 0.3) is 0 Å². The summed E-state index contributed by atoms with van der Waals surface area (Å²) in [5.74, 6) is -1.36. The highest BCUT2D eigenvalue weighted by Crippen LogP contribution is 2.36. The number of aryl methyl sites for hydroxylation is 1. The van der Waals surface area contributed by atoms with Gasteiger partial charge in [0.1, 0.15) is 5.82 Å². The maximum absolute atomic E-state index is 13.7. The van der Waals surface area contributed by atoms with Crippen molar-refractivity contribution >= 4 is 11.5 Å². The molecule has 0 bridgehead atoms. The number of halogens is 2. The quantitative estimate of drug-likeness (QED) is 0.917. The lowest BCUT2D eigenvalue weighted by molar-refractivity contribution is 0.122. The van der Waals surface area contributed by atoms with E-state index in [1.165, 1.54) is 16.8 Å². The minimum absolute atomic E-state index is 0.413. The van der Waals surface area contributed by atoms with Crippen LogP contribution < -0.4 is 10.6 Å². The summed E-state index contributed by atoms with van der Waals surface area (Å²) < 4.78 is 34.1. The highest BCUT2D eigenvalue weighted by atomic mass is 19.2. The topological polar surface area (TPSA) is 56.3 Å². The first-order chi connectivity index (χ1) is 10.1. The average Bonchev–Trinajstić information content (AvgIpc) is 2.82. The Labute approximate surface area is 120 Å². The molecule has 0 unspecified atom stereocenters. The molecule has 2 N–H and O–H groups in total. The minimum atomic E-state index is -0.898. The second kappa shape index (κ2) is 5.33. The lowest BCUT2D eigenvalue weighted by Gasteiger charge is -2.30. The average molecular weight is 294 g/mol. The molecule has 7 heteroatoms. The number of aromatic nitrogens is 2. The van der Waals surface area contributed by atoms with Gasteiger partial charge in [-0.2, -0.15) is 5.10 Å². The zero-order valence-electron chi connectivity index (χ0n) is 11.6. The highest BCUT2D eigenvalue weighted by molar-refractivity contribution is 5.84. The molecular weight excluding hydrogens is 278 g/mol. The lowest BCUT2D eigenvalue weighted by Crippen LogP contribution is -2.36. The Hall–Kier alpha value is -2.15. The van der Waals surface area contributed by atoms with E-state index >= 15 is 0 Å². The Kier molecular flexibility index (Phi) is 3.50. The number of nitrogen functional groups attached to an aromatic ring is 1. The van der Waals surface area contributed by atoms with Crippen LogP contribution in [0.2, 0.25) is 0 Å². The molecule has 0 saturated carbocycles. The van der Waals surface area contributed by atoms with Crippen LogP contribution in [0.15, 0.2) is 18.3 Å². The molecule has 1 aromatic heterocycles. The first-order valence-electron chi connectivity index (χ1n) is 6.67. The lowest BCUT2D eigenvalue weighted by atomic mass is 10.0. The van der Waals surface area contributed by atoms with Crippen molar-refractivity contribution in [3.63, 3.8) is 0 Å². The standard InChI is InChI=1S/C14H16F2N4O/c1-19-14(17)10(8-18-19)9-6-11(15)12(16)7-13(9)20-2-4-21-5-3-20/h6-8H,2-5,17H2,1H3. The van der Waals surface area contributed by atoms with Crippen LogP contribution in [0.25, 0.3) is 11.1 Å². The Morgan fingerprint density at radius 3 is 2.43 bits per heavy atom. The molecule has 0 aliphatic carbocycles. The van der Waals surface area contributed by atoms with Crippen molar-refractivity contribution in [1.29, 1.82) is 0 Å². The van der Waals surface area contributed by atoms with Gasteiger partial charge in [-0.1, -0.05) is 0 Å². The number of rotatable bonds is 2. The van der Waals surface area contributed by atoms with E-state index in [2.05, 4.69) is 5.10 Å². The summed E-state index contributed by atoms with van der Waals surface area (Å²) in [6.45, 7) is 2.36. The summed E-state index contributed by atoms with van der Waals surface area (Å²) in [6.07, 6.45) is 1.56. The fraction of sp³-hybridized carbons (Fsp3) is 0.357. The SMILES string of the molecule is Cn1ncc(-c2cc(F)c(F)cc2N2CCOCC2)c1N. The van der Waals surface area contributed by atoms with Crippen molar-refractivity contribution in [3.8, 4) is 11.1 Å². The van der Waals surface area contributed by atoms with E-state index < -0.39 is 11.6 Å². The van der Waals surface area contributed by atoms with Crippen molar-refractivity contribution in [3.05, 3.63) is 30.0 Å². The summed E-state index contributed by atoms with van der Waals surface area (Å²) in [7, 11) is 1.70. The summed E-state index contributed by atoms with van der Waals surface area (Å²) in [5, 5.41) is 4.06. The number of morpholine rings is 1. The molecule has 0 amide bonds. The second-order valence-electron chi connectivity index (χ2n) is 4.95. The number of nitrogens with zero attached hydrogens (tertiary/aromatic N) is 3. The number of ether oxygens (including phenoxy) is 1. The van der Waals surface area contributed by atoms with Crippen LogP contribution in [0.4, 0.5) is 20.3 Å². The second-order valence-corrected chi connectivity index (χ2v) is 4.95. The van der Waals surface area contributed by atoms with Crippen molar-refractivity contribution in [2.75, 3.05) is 36.9 Å². The molecule has 1 aliphatic rings. The normalized spacial score (nSPS) is 15.5. The van der Waals surface area contributed by atoms with Gasteiger partial charge in [0.05, 0.1) is 19.4 Å². The zero-order valence-corrected chi connectivity index (χ0v) is 11.6. The first kappa shape index (κ1) is 13.8. The summed E-state index contributed by atoms with van der Waals surface area (Å²) in [5.41, 5.74) is 7.71. The monoisotopic (exact) mass is 294 g/mol. The van der Waals surface area contributed by atoms with E-state index in [4.69, 9.17) is 10.5 Å². The molecule has 1 aliphatic heterocycles. The Morgan fingerprint density at radius 2 is 1.81 bits per heavy atom. The number of nitrogens with two attached hydrogens (primary N) is 1. The molecule has 21 heavy (non-hydrogen) atoms. The van der Waals surface area contributed by atoms with E-state index in [0.717, 1.165) is 0 Å². The van der Waals surface area contributed by atoms with Gasteiger partial charge < -0.3 is 15.4 Å². The molecular formula is C14H16F2N4O. The first-order valence-corrected chi connectivity index (χ1v) is 6.67. The van der Waals surface area contributed by atoms with Crippen LogP contribution >= 0.6 is 0 Å². The molecule has 3 rings (SSSR count). The van der Waals surface area contributed by atoms with Gasteiger partial charge in [0, 0.05) is 43.0 Å². The molecule has 1 fully saturated rings. The third-order valence-corrected chi connectivity index (χ3v) is 3.67. The number of hydrogen-bond acceptors (Lipinski definition) is 4. The van der Waals surface area contributed by atoms with Gasteiger partial charge in [-0.15, -0.1) is 0 Å². The van der Waals surface area contributed by atoms with Gasteiger partial charge in [-0.05, 0) is 6.07 Å². The highest BCUT2D eigenvalue weighted by Gasteiger charge is 2.21. The van der Waals surface area contributed by atoms with Crippen LogP contribution in [-0.4, -0.2) is 36.1 Å². The summed E-state index contributed by atoms with van der Waals surface area (Å²) in [4.78, 5) is 1.97. The number of anilines is 2. The zero-order chi connectivity index (χ0) is 15.0. The molecule has 1 aromatic carbocycles.